The van der Waals surface area contributed by atoms with Crippen molar-refractivity contribution in [2.24, 2.45) is 5.41 Å². The maximum atomic E-state index is 13.4. The normalized spacial score (nSPS) is 23.3. The molecule has 1 saturated carbocycles. The van der Waals surface area contributed by atoms with Crippen LogP contribution in [0.3, 0.4) is 0 Å². The number of hydrogen-bond donors (Lipinski definition) is 1. The molecule has 5 rings (SSSR count). The van der Waals surface area contributed by atoms with Crippen LogP contribution < -0.4 is 10.2 Å². The Morgan fingerprint density at radius 2 is 1.89 bits per heavy atom. The van der Waals surface area contributed by atoms with Crippen LogP contribution in [0.15, 0.2) is 29.3 Å². The van der Waals surface area contributed by atoms with Gasteiger partial charge in [-0.2, -0.15) is 4.98 Å². The molecule has 3 heterocycles. The van der Waals surface area contributed by atoms with Gasteiger partial charge < -0.3 is 10.2 Å². The molecule has 200 valence electrons. The molecule has 3 atom stereocenters. The molecule has 1 amide bonds. The Hall–Kier alpha value is -2.32. The molecule has 1 aliphatic carbocycles. The minimum atomic E-state index is -0.988. The van der Waals surface area contributed by atoms with Crippen molar-refractivity contribution in [3.63, 3.8) is 0 Å². The Kier molecular flexibility index (Phi) is 7.18. The topological polar surface area (TPSA) is 78.4 Å². The first-order valence-electron chi connectivity index (χ1n) is 13.8. The van der Waals surface area contributed by atoms with E-state index in [1.807, 2.05) is 36.9 Å². The number of carbonyl (C=O) groups is 1. The Labute approximate surface area is 223 Å². The van der Waals surface area contributed by atoms with Gasteiger partial charge in [0.2, 0.25) is 11.9 Å². The lowest BCUT2D eigenvalue weighted by Crippen LogP contribution is -2.51. The number of anilines is 3. The molecule has 1 spiro atoms. The summed E-state index contributed by atoms with van der Waals surface area (Å²) >= 11 is 0. The third kappa shape index (κ3) is 4.83. The average molecular weight is 524 g/mol. The summed E-state index contributed by atoms with van der Waals surface area (Å²) in [6.07, 6.45) is 7.27. The molecule has 7 nitrogen and oxygen atoms in total. The average Bonchev–Trinajstić information content (AvgIpc) is 3.12. The number of rotatable bonds is 7. The third-order valence-electron chi connectivity index (χ3n) is 9.02. The Balaban J connectivity index is 1.25. The minimum Gasteiger partial charge on any atom is -0.324 e. The molecular formula is C29H41N5O2S. The number of piperidine rings is 1. The summed E-state index contributed by atoms with van der Waals surface area (Å²) in [5, 5.41) is 3.59. The van der Waals surface area contributed by atoms with Crippen LogP contribution in [0.2, 0.25) is 0 Å². The number of nitrogens with zero attached hydrogens (tertiary/aromatic N) is 4. The number of benzene rings is 1. The van der Waals surface area contributed by atoms with Crippen LogP contribution >= 0.6 is 0 Å². The van der Waals surface area contributed by atoms with Gasteiger partial charge in [0, 0.05) is 39.7 Å². The zero-order chi connectivity index (χ0) is 26.5. The number of aryl methyl sites for hydroxylation is 1. The molecule has 2 aromatic rings. The van der Waals surface area contributed by atoms with Gasteiger partial charge in [-0.15, -0.1) is 0 Å². The van der Waals surface area contributed by atoms with Crippen molar-refractivity contribution in [2.75, 3.05) is 23.3 Å². The Morgan fingerprint density at radius 1 is 1.19 bits per heavy atom. The molecule has 8 heteroatoms. The van der Waals surface area contributed by atoms with Gasteiger partial charge in [0.05, 0.1) is 16.7 Å². The van der Waals surface area contributed by atoms with E-state index >= 15 is 0 Å². The predicted molar refractivity (Wildman–Crippen MR) is 150 cm³/mol. The van der Waals surface area contributed by atoms with E-state index in [0.717, 1.165) is 41.0 Å². The minimum absolute atomic E-state index is 0.0852. The maximum Gasteiger partial charge on any atom is 0.235 e. The molecular weight excluding hydrogens is 482 g/mol. The highest BCUT2D eigenvalue weighted by molar-refractivity contribution is 7.85. The second-order valence-corrected chi connectivity index (χ2v) is 13.5. The van der Waals surface area contributed by atoms with E-state index in [1.165, 1.54) is 25.9 Å². The van der Waals surface area contributed by atoms with Crippen LogP contribution in [-0.4, -0.2) is 55.4 Å². The first-order chi connectivity index (χ1) is 17.6. The van der Waals surface area contributed by atoms with Gasteiger partial charge in [0.15, 0.2) is 0 Å². The zero-order valence-electron chi connectivity index (χ0n) is 23.1. The summed E-state index contributed by atoms with van der Waals surface area (Å²) in [7, 11) is -0.988. The van der Waals surface area contributed by atoms with E-state index in [-0.39, 0.29) is 23.1 Å². The first-order valence-corrected chi connectivity index (χ1v) is 15.1. The maximum absolute atomic E-state index is 13.4. The summed E-state index contributed by atoms with van der Waals surface area (Å²) in [5.74, 6) is 1.04. The predicted octanol–water partition coefficient (Wildman–Crippen LogP) is 5.54. The highest BCUT2D eigenvalue weighted by Gasteiger charge is 2.48. The van der Waals surface area contributed by atoms with E-state index in [9.17, 15) is 9.00 Å². The van der Waals surface area contributed by atoms with E-state index in [4.69, 9.17) is 4.98 Å². The van der Waals surface area contributed by atoms with Gasteiger partial charge in [-0.25, -0.2) is 4.98 Å². The van der Waals surface area contributed by atoms with Crippen LogP contribution in [0, 0.1) is 12.3 Å². The summed E-state index contributed by atoms with van der Waals surface area (Å²) < 4.78 is 13.4. The van der Waals surface area contributed by atoms with Crippen molar-refractivity contribution in [1.82, 2.24) is 14.9 Å². The summed E-state index contributed by atoms with van der Waals surface area (Å²) in [5.41, 5.74) is 3.19. The number of hydrogen-bond acceptors (Lipinski definition) is 6. The van der Waals surface area contributed by atoms with Gasteiger partial charge in [0.25, 0.3) is 0 Å². The molecule has 2 fully saturated rings. The molecule has 37 heavy (non-hydrogen) atoms. The van der Waals surface area contributed by atoms with Crippen molar-refractivity contribution >= 4 is 34.2 Å². The van der Waals surface area contributed by atoms with E-state index in [0.29, 0.717) is 23.2 Å². The van der Waals surface area contributed by atoms with Crippen LogP contribution in [-0.2, 0) is 15.6 Å². The number of likely N-dealkylation sites (tertiary alicyclic amines) is 1. The molecule has 0 radical (unpaired) electrons. The fourth-order valence-corrected chi connectivity index (χ4v) is 8.08. The highest BCUT2D eigenvalue weighted by Crippen LogP contribution is 2.52. The van der Waals surface area contributed by atoms with Gasteiger partial charge in [-0.3, -0.25) is 13.9 Å². The second kappa shape index (κ2) is 10.1. The van der Waals surface area contributed by atoms with Crippen molar-refractivity contribution in [3.05, 3.63) is 35.5 Å². The Bertz CT molecular complexity index is 1200. The van der Waals surface area contributed by atoms with Crippen molar-refractivity contribution in [2.45, 2.75) is 102 Å². The highest BCUT2D eigenvalue weighted by atomic mass is 32.2. The number of carbonyl (C=O) groups excluding carboxylic acids is 1. The molecule has 1 aromatic heterocycles. The van der Waals surface area contributed by atoms with Gasteiger partial charge in [-0.1, -0.05) is 6.92 Å². The van der Waals surface area contributed by atoms with Gasteiger partial charge >= 0.3 is 0 Å². The molecule has 1 N–H and O–H groups in total. The fraction of sp³-hybridized carbons (Fsp3) is 0.621. The number of nitrogens with one attached hydrogen (secondary N) is 1. The first kappa shape index (κ1) is 26.3. The van der Waals surface area contributed by atoms with E-state index < -0.39 is 10.8 Å². The van der Waals surface area contributed by atoms with Gasteiger partial charge in [-0.05, 0) is 109 Å². The number of fused-ring (bicyclic) bond motifs is 1. The lowest BCUT2D eigenvalue weighted by molar-refractivity contribution is -0.119. The van der Waals surface area contributed by atoms with Crippen LogP contribution in [0.5, 0.6) is 0 Å². The summed E-state index contributed by atoms with van der Waals surface area (Å²) in [4.78, 5) is 27.3. The molecule has 1 saturated heterocycles. The molecule has 3 aliphatic rings. The van der Waals surface area contributed by atoms with Crippen LogP contribution in [0.1, 0.15) is 83.8 Å². The third-order valence-corrected chi connectivity index (χ3v) is 10.7. The molecule has 0 bridgehead atoms. The summed E-state index contributed by atoms with van der Waals surface area (Å²) in [6, 6.07) is 6.69. The van der Waals surface area contributed by atoms with E-state index in [2.05, 4.69) is 42.9 Å². The lowest BCUT2D eigenvalue weighted by atomic mass is 9.63. The van der Waals surface area contributed by atoms with Crippen molar-refractivity contribution < 1.29 is 9.00 Å². The molecule has 1 aromatic carbocycles. The monoisotopic (exact) mass is 523 g/mol. The van der Waals surface area contributed by atoms with Crippen LogP contribution in [0.25, 0.3) is 0 Å². The lowest BCUT2D eigenvalue weighted by Gasteiger charge is -2.52. The van der Waals surface area contributed by atoms with Crippen molar-refractivity contribution in [3.8, 4) is 0 Å². The van der Waals surface area contributed by atoms with Crippen molar-refractivity contribution in [1.29, 1.82) is 0 Å². The standard InChI is InChI=1S/C29H41N5O2S/c1-7-20(5)34-26-24(21(6)27(34)35)17-30-28(32-26)31-25-9-8-22(14-19(25)4)37(36)23-15-29(16-23)10-12-33(13-11-29)18(2)3/h8-9,14,17-18,20-21,23H,7,10-13,15-16H2,1-6H3,(H,30,31,32). The zero-order valence-corrected chi connectivity index (χ0v) is 23.9. The number of amides is 1. The fourth-order valence-electron chi connectivity index (χ4n) is 6.19. The van der Waals surface area contributed by atoms with E-state index in [1.54, 1.807) is 6.20 Å². The quantitative estimate of drug-likeness (QED) is 0.514. The second-order valence-electron chi connectivity index (χ2n) is 11.7. The molecule has 2 aliphatic heterocycles. The van der Waals surface area contributed by atoms with Crippen LogP contribution in [0.4, 0.5) is 17.5 Å². The largest absolute Gasteiger partial charge is 0.324 e. The SMILES string of the molecule is CCC(C)N1C(=O)C(C)c2cnc(Nc3ccc(S(=O)C4CC5(CCN(C(C)C)CC5)C4)cc3C)nc21. The smallest absolute Gasteiger partial charge is 0.235 e. The van der Waals surface area contributed by atoms with Gasteiger partial charge in [0.1, 0.15) is 5.82 Å². The summed E-state index contributed by atoms with van der Waals surface area (Å²) in [6.45, 7) is 15.0. The Morgan fingerprint density at radius 3 is 2.51 bits per heavy atom. The number of aromatic nitrogens is 2. The molecule has 3 unspecified atom stereocenters.